The Morgan fingerprint density at radius 3 is 2.08 bits per heavy atom. The number of halogens is 1. The molecule has 0 saturated heterocycles. The minimum atomic E-state index is -3.80. The van der Waals surface area contributed by atoms with Gasteiger partial charge in [0.1, 0.15) is 5.82 Å². The van der Waals surface area contributed by atoms with Gasteiger partial charge in [-0.2, -0.15) is 0 Å². The summed E-state index contributed by atoms with van der Waals surface area (Å²) in [6, 6.07) is 12.4. The Morgan fingerprint density at radius 2 is 1.54 bits per heavy atom. The van der Waals surface area contributed by atoms with Gasteiger partial charge in [-0.3, -0.25) is 0 Å². The molecule has 3 rings (SSSR count). The van der Waals surface area contributed by atoms with Crippen LogP contribution in [-0.4, -0.2) is 23.4 Å². The standard InChI is InChI=1S/C19H20FN3O2S/c1-13-18(21-22-23(13)16-9-7-15(20)8-10-16)26(24,25)17-11-5-14(6-12-17)19(2,3)4/h5-12H,1-4H3. The highest BCUT2D eigenvalue weighted by Crippen LogP contribution is 2.27. The summed E-state index contributed by atoms with van der Waals surface area (Å²) in [5, 5.41) is 7.69. The van der Waals surface area contributed by atoms with Gasteiger partial charge in [0.25, 0.3) is 0 Å². The Labute approximate surface area is 152 Å². The molecule has 0 aliphatic carbocycles. The van der Waals surface area contributed by atoms with E-state index in [1.807, 2.05) is 12.1 Å². The Kier molecular flexibility index (Phi) is 4.44. The van der Waals surface area contributed by atoms with E-state index in [0.717, 1.165) is 5.56 Å². The van der Waals surface area contributed by atoms with Crippen molar-refractivity contribution in [3.63, 3.8) is 0 Å². The molecule has 0 amide bonds. The molecule has 0 radical (unpaired) electrons. The summed E-state index contributed by atoms with van der Waals surface area (Å²) in [4.78, 5) is 0.166. The smallest absolute Gasteiger partial charge is 0.217 e. The minimum absolute atomic E-state index is 0.0655. The molecule has 3 aromatic rings. The van der Waals surface area contributed by atoms with E-state index < -0.39 is 9.84 Å². The molecule has 0 unspecified atom stereocenters. The third-order valence-corrected chi connectivity index (χ3v) is 5.99. The zero-order valence-corrected chi connectivity index (χ0v) is 15.9. The number of benzene rings is 2. The van der Waals surface area contributed by atoms with E-state index in [2.05, 4.69) is 31.1 Å². The van der Waals surface area contributed by atoms with Crippen molar-refractivity contribution in [2.75, 3.05) is 0 Å². The van der Waals surface area contributed by atoms with E-state index in [9.17, 15) is 12.8 Å². The Bertz CT molecular complexity index is 1030. The summed E-state index contributed by atoms with van der Waals surface area (Å²) in [7, 11) is -3.80. The van der Waals surface area contributed by atoms with Crippen LogP contribution in [0.1, 0.15) is 32.0 Å². The molecule has 0 atom stereocenters. The molecular weight excluding hydrogens is 353 g/mol. The van der Waals surface area contributed by atoms with Gasteiger partial charge in [-0.15, -0.1) is 5.10 Å². The zero-order valence-electron chi connectivity index (χ0n) is 15.1. The molecule has 0 spiro atoms. The molecule has 0 aliphatic heterocycles. The first-order valence-electron chi connectivity index (χ1n) is 8.14. The van der Waals surface area contributed by atoms with Crippen LogP contribution in [-0.2, 0) is 15.3 Å². The number of nitrogens with zero attached hydrogens (tertiary/aromatic N) is 3. The topological polar surface area (TPSA) is 64.8 Å². The van der Waals surface area contributed by atoms with Crippen LogP contribution in [0.15, 0.2) is 58.5 Å². The van der Waals surface area contributed by atoms with Crippen LogP contribution in [0.2, 0.25) is 0 Å². The van der Waals surface area contributed by atoms with Crippen LogP contribution < -0.4 is 0 Å². The summed E-state index contributed by atoms with van der Waals surface area (Å²) in [6.07, 6.45) is 0. The SMILES string of the molecule is Cc1c(S(=O)(=O)c2ccc(C(C)(C)C)cc2)nnn1-c1ccc(F)cc1. The number of sulfone groups is 1. The lowest BCUT2D eigenvalue weighted by Crippen LogP contribution is -2.11. The summed E-state index contributed by atoms with van der Waals surface area (Å²) in [5.41, 5.74) is 1.89. The second-order valence-electron chi connectivity index (χ2n) is 7.15. The van der Waals surface area contributed by atoms with Crippen molar-refractivity contribution in [1.82, 2.24) is 15.0 Å². The lowest BCUT2D eigenvalue weighted by Gasteiger charge is -2.19. The van der Waals surface area contributed by atoms with Gasteiger partial charge in [-0.25, -0.2) is 17.5 Å². The quantitative estimate of drug-likeness (QED) is 0.700. The van der Waals surface area contributed by atoms with Crippen LogP contribution >= 0.6 is 0 Å². The summed E-state index contributed by atoms with van der Waals surface area (Å²) in [5.74, 6) is -0.377. The van der Waals surface area contributed by atoms with Crippen molar-refractivity contribution < 1.29 is 12.8 Å². The number of rotatable bonds is 3. The molecule has 1 aromatic heterocycles. The second-order valence-corrected chi connectivity index (χ2v) is 9.01. The van der Waals surface area contributed by atoms with E-state index in [1.165, 1.54) is 28.9 Å². The molecule has 0 fully saturated rings. The van der Waals surface area contributed by atoms with Crippen molar-refractivity contribution in [1.29, 1.82) is 0 Å². The number of hydrogen-bond donors (Lipinski definition) is 0. The van der Waals surface area contributed by atoms with E-state index in [4.69, 9.17) is 0 Å². The Balaban J connectivity index is 2.02. The van der Waals surface area contributed by atoms with Crippen molar-refractivity contribution in [2.24, 2.45) is 0 Å². The lowest BCUT2D eigenvalue weighted by atomic mass is 9.87. The van der Waals surface area contributed by atoms with E-state index >= 15 is 0 Å². The molecule has 0 N–H and O–H groups in total. The highest BCUT2D eigenvalue weighted by Gasteiger charge is 2.26. The largest absolute Gasteiger partial charge is 0.227 e. The third kappa shape index (κ3) is 3.26. The second kappa shape index (κ2) is 6.32. The maximum absolute atomic E-state index is 13.1. The first-order valence-corrected chi connectivity index (χ1v) is 9.63. The predicted molar refractivity (Wildman–Crippen MR) is 96.6 cm³/mol. The highest BCUT2D eigenvalue weighted by molar-refractivity contribution is 7.91. The molecular formula is C19H20FN3O2S. The highest BCUT2D eigenvalue weighted by atomic mass is 32.2. The molecule has 0 aliphatic rings. The molecule has 5 nitrogen and oxygen atoms in total. The van der Waals surface area contributed by atoms with Crippen molar-refractivity contribution in [2.45, 2.75) is 43.0 Å². The summed E-state index contributed by atoms with van der Waals surface area (Å²) < 4.78 is 40.4. The van der Waals surface area contributed by atoms with Crippen LogP contribution in [0.3, 0.4) is 0 Å². The fourth-order valence-electron chi connectivity index (χ4n) is 2.64. The van der Waals surface area contributed by atoms with Crippen LogP contribution in [0.25, 0.3) is 5.69 Å². The zero-order chi connectivity index (χ0) is 19.1. The molecule has 7 heteroatoms. The van der Waals surface area contributed by atoms with Crippen molar-refractivity contribution in [3.05, 3.63) is 65.6 Å². The number of hydrogen-bond acceptors (Lipinski definition) is 4. The van der Waals surface area contributed by atoms with Gasteiger partial charge in [-0.1, -0.05) is 38.1 Å². The summed E-state index contributed by atoms with van der Waals surface area (Å²) in [6.45, 7) is 7.82. The van der Waals surface area contributed by atoms with Gasteiger partial charge in [0.15, 0.2) is 0 Å². The molecule has 26 heavy (non-hydrogen) atoms. The predicted octanol–water partition coefficient (Wildman–Crippen LogP) is 3.85. The van der Waals surface area contributed by atoms with Gasteiger partial charge >= 0.3 is 0 Å². The first kappa shape index (κ1) is 18.3. The van der Waals surface area contributed by atoms with Gasteiger partial charge in [0.05, 0.1) is 16.3 Å². The fraction of sp³-hybridized carbons (Fsp3) is 0.263. The minimum Gasteiger partial charge on any atom is -0.217 e. The lowest BCUT2D eigenvalue weighted by molar-refractivity contribution is 0.584. The molecule has 0 bridgehead atoms. The average Bonchev–Trinajstić information content (AvgIpc) is 2.97. The van der Waals surface area contributed by atoms with Crippen LogP contribution in [0.4, 0.5) is 4.39 Å². The average molecular weight is 373 g/mol. The maximum atomic E-state index is 13.1. The van der Waals surface area contributed by atoms with Crippen molar-refractivity contribution >= 4 is 9.84 Å². The monoisotopic (exact) mass is 373 g/mol. The van der Waals surface area contributed by atoms with Gasteiger partial charge in [-0.05, 0) is 54.3 Å². The Hall–Kier alpha value is -2.54. The molecule has 2 aromatic carbocycles. The van der Waals surface area contributed by atoms with Gasteiger partial charge in [0.2, 0.25) is 14.9 Å². The number of aromatic nitrogens is 3. The normalized spacial score (nSPS) is 12.3. The first-order chi connectivity index (χ1) is 12.1. The molecule has 1 heterocycles. The molecule has 136 valence electrons. The van der Waals surface area contributed by atoms with E-state index in [0.29, 0.717) is 11.4 Å². The third-order valence-electron chi connectivity index (χ3n) is 4.21. The summed E-state index contributed by atoms with van der Waals surface area (Å²) >= 11 is 0. The van der Waals surface area contributed by atoms with E-state index in [-0.39, 0.29) is 21.2 Å². The van der Waals surface area contributed by atoms with Gasteiger partial charge in [0, 0.05) is 0 Å². The van der Waals surface area contributed by atoms with E-state index in [1.54, 1.807) is 19.1 Å². The van der Waals surface area contributed by atoms with Gasteiger partial charge < -0.3 is 0 Å². The molecule has 0 saturated carbocycles. The fourth-order valence-corrected chi connectivity index (χ4v) is 3.97. The maximum Gasteiger partial charge on any atom is 0.227 e. The van der Waals surface area contributed by atoms with Crippen LogP contribution in [0.5, 0.6) is 0 Å². The van der Waals surface area contributed by atoms with Crippen LogP contribution in [0, 0.1) is 12.7 Å². The van der Waals surface area contributed by atoms with Crippen molar-refractivity contribution in [3.8, 4) is 5.69 Å². The Morgan fingerprint density at radius 1 is 0.962 bits per heavy atom.